The number of fused-ring (bicyclic) bond motifs is 3. The fraction of sp³-hybridized carbons (Fsp3) is 0.692. The summed E-state index contributed by atoms with van der Waals surface area (Å²) in [4.78, 5) is 25.9. The van der Waals surface area contributed by atoms with Crippen molar-refractivity contribution in [1.82, 2.24) is 4.90 Å². The zero-order valence-corrected chi connectivity index (χ0v) is 20.6. The predicted octanol–water partition coefficient (Wildman–Crippen LogP) is 4.33. The summed E-state index contributed by atoms with van der Waals surface area (Å²) in [6, 6.07) is 4.49. The summed E-state index contributed by atoms with van der Waals surface area (Å²) in [7, 11) is 3.33. The number of hydrogen-bond acceptors (Lipinski definition) is 6. The van der Waals surface area contributed by atoms with Crippen molar-refractivity contribution in [2.75, 3.05) is 33.9 Å². The van der Waals surface area contributed by atoms with Crippen LogP contribution in [0.2, 0.25) is 0 Å². The molecule has 0 aliphatic carbocycles. The molecule has 0 amide bonds. The first kappa shape index (κ1) is 25.3. The van der Waals surface area contributed by atoms with E-state index in [4.69, 9.17) is 19.3 Å². The Bertz CT molecular complexity index is 838. The average Bonchev–Trinajstić information content (AvgIpc) is 2.79. The number of hydrogen-bond donors (Lipinski definition) is 1. The number of ether oxygens (including phenoxy) is 3. The molecule has 0 radical (unpaired) electrons. The molecular formula is C26H39NO6. The Balaban J connectivity index is 1.73. The van der Waals surface area contributed by atoms with Crippen molar-refractivity contribution >= 4 is 11.9 Å². The number of methoxy groups -OCH3 is 2. The number of carboxylic acid groups (broad SMARTS) is 1. The highest BCUT2D eigenvalue weighted by atomic mass is 16.5. The molecule has 1 N–H and O–H groups in total. The van der Waals surface area contributed by atoms with Gasteiger partial charge in [0.2, 0.25) is 0 Å². The Morgan fingerprint density at radius 3 is 2.45 bits per heavy atom. The van der Waals surface area contributed by atoms with E-state index < -0.39 is 11.9 Å². The number of aliphatic carboxylic acids is 1. The van der Waals surface area contributed by atoms with Crippen LogP contribution in [0.25, 0.3) is 0 Å². The molecule has 7 nitrogen and oxygen atoms in total. The fourth-order valence-corrected chi connectivity index (χ4v) is 5.31. The third-order valence-corrected chi connectivity index (χ3v) is 7.21. The van der Waals surface area contributed by atoms with Gasteiger partial charge in [-0.3, -0.25) is 14.5 Å². The molecule has 4 atom stereocenters. The molecule has 2 heterocycles. The Labute approximate surface area is 197 Å². The van der Waals surface area contributed by atoms with Crippen molar-refractivity contribution in [2.45, 2.75) is 58.9 Å². The minimum absolute atomic E-state index is 0.143. The highest BCUT2D eigenvalue weighted by Crippen LogP contribution is 2.45. The second-order valence-corrected chi connectivity index (χ2v) is 10.0. The van der Waals surface area contributed by atoms with Crippen LogP contribution in [0.3, 0.4) is 0 Å². The zero-order chi connectivity index (χ0) is 24.1. The van der Waals surface area contributed by atoms with Crippen molar-refractivity contribution in [3.8, 4) is 11.5 Å². The molecule has 0 saturated carbocycles. The third-order valence-electron chi connectivity index (χ3n) is 7.21. The molecule has 2 aliphatic rings. The lowest BCUT2D eigenvalue weighted by atomic mass is 9.74. The first-order chi connectivity index (χ1) is 15.7. The van der Waals surface area contributed by atoms with Gasteiger partial charge in [-0.25, -0.2) is 0 Å². The summed E-state index contributed by atoms with van der Waals surface area (Å²) in [5, 5.41) is 9.03. The molecule has 1 fully saturated rings. The third kappa shape index (κ3) is 6.19. The number of carboxylic acids is 1. The van der Waals surface area contributed by atoms with E-state index in [9.17, 15) is 9.59 Å². The van der Waals surface area contributed by atoms with E-state index in [0.717, 1.165) is 43.9 Å². The number of piperidine rings is 1. The van der Waals surface area contributed by atoms with Crippen LogP contribution in [-0.2, 0) is 20.7 Å². The van der Waals surface area contributed by atoms with Crippen LogP contribution in [0.1, 0.15) is 63.6 Å². The van der Waals surface area contributed by atoms with E-state index >= 15 is 0 Å². The van der Waals surface area contributed by atoms with Gasteiger partial charge < -0.3 is 19.3 Å². The lowest BCUT2D eigenvalue weighted by Crippen LogP contribution is -2.47. The molecule has 2 aliphatic heterocycles. The highest BCUT2D eigenvalue weighted by molar-refractivity contribution is 5.72. The van der Waals surface area contributed by atoms with E-state index in [1.165, 1.54) is 11.1 Å². The standard InChI is InChI=1S/C26H39NO6/c1-16(2)10-19-14-27-9-8-18-12-23(31-4)24(32-5)13-21(18)22(27)11-20(19)15-33-25(28)7-6-17(3)26(29)30/h12-13,16-17,19-20,22H,6-11,14-15H2,1-5H3,(H,29,30)/t17?,19-,20+,22-/m1/s1. The topological polar surface area (TPSA) is 85.3 Å². The van der Waals surface area contributed by atoms with Gasteiger partial charge in [-0.2, -0.15) is 0 Å². The SMILES string of the molecule is COc1cc2c(cc1OC)[C@H]1C[C@@H](COC(=O)CCC(C)C(=O)O)[C@H](CC(C)C)CN1CC2. The van der Waals surface area contributed by atoms with Crippen molar-refractivity contribution in [3.63, 3.8) is 0 Å². The highest BCUT2D eigenvalue weighted by Gasteiger charge is 2.40. The summed E-state index contributed by atoms with van der Waals surface area (Å²) in [6.07, 6.45) is 3.46. The molecule has 1 saturated heterocycles. The van der Waals surface area contributed by atoms with Crippen LogP contribution in [0.4, 0.5) is 0 Å². The first-order valence-electron chi connectivity index (χ1n) is 12.1. The first-order valence-corrected chi connectivity index (χ1v) is 12.1. The van der Waals surface area contributed by atoms with E-state index in [1.807, 2.05) is 0 Å². The van der Waals surface area contributed by atoms with Gasteiger partial charge in [-0.1, -0.05) is 20.8 Å². The Kier molecular flexibility index (Phi) is 8.63. The number of carbonyl (C=O) groups excluding carboxylic acids is 1. The minimum atomic E-state index is -0.879. The van der Waals surface area contributed by atoms with Gasteiger partial charge in [0, 0.05) is 25.6 Å². The molecule has 0 bridgehead atoms. The zero-order valence-electron chi connectivity index (χ0n) is 20.6. The number of carbonyl (C=O) groups is 2. The predicted molar refractivity (Wildman–Crippen MR) is 126 cm³/mol. The number of rotatable bonds is 10. The number of nitrogens with zero attached hydrogens (tertiary/aromatic N) is 1. The number of esters is 1. The van der Waals surface area contributed by atoms with Gasteiger partial charge in [0.05, 0.1) is 26.7 Å². The molecule has 0 spiro atoms. The number of benzene rings is 1. The molecule has 0 aromatic heterocycles. The maximum Gasteiger partial charge on any atom is 0.306 e. The molecule has 7 heteroatoms. The lowest BCUT2D eigenvalue weighted by molar-refractivity contribution is -0.148. The van der Waals surface area contributed by atoms with Crippen LogP contribution in [-0.4, -0.2) is 55.9 Å². The monoisotopic (exact) mass is 461 g/mol. The minimum Gasteiger partial charge on any atom is -0.493 e. The molecule has 33 heavy (non-hydrogen) atoms. The smallest absolute Gasteiger partial charge is 0.306 e. The second-order valence-electron chi connectivity index (χ2n) is 10.0. The van der Waals surface area contributed by atoms with E-state index in [1.54, 1.807) is 21.1 Å². The summed E-state index contributed by atoms with van der Waals surface area (Å²) < 4.78 is 16.8. The van der Waals surface area contributed by atoms with Crippen molar-refractivity contribution in [1.29, 1.82) is 0 Å². The maximum absolute atomic E-state index is 12.3. The van der Waals surface area contributed by atoms with Crippen LogP contribution in [0, 0.1) is 23.7 Å². The van der Waals surface area contributed by atoms with E-state index in [0.29, 0.717) is 24.9 Å². The van der Waals surface area contributed by atoms with Crippen LogP contribution < -0.4 is 9.47 Å². The van der Waals surface area contributed by atoms with Crippen molar-refractivity contribution in [2.24, 2.45) is 23.7 Å². The van der Waals surface area contributed by atoms with Crippen LogP contribution >= 0.6 is 0 Å². The van der Waals surface area contributed by atoms with Gasteiger partial charge in [-0.15, -0.1) is 0 Å². The normalized spacial score (nSPS) is 23.4. The van der Waals surface area contributed by atoms with Crippen molar-refractivity contribution < 1.29 is 28.9 Å². The summed E-state index contributed by atoms with van der Waals surface area (Å²) >= 11 is 0. The van der Waals surface area contributed by atoms with Gasteiger partial charge >= 0.3 is 11.9 Å². The second kappa shape index (κ2) is 11.2. The lowest BCUT2D eigenvalue weighted by Gasteiger charge is -2.47. The molecule has 1 aromatic rings. The molecule has 3 rings (SSSR count). The quantitative estimate of drug-likeness (QED) is 0.519. The summed E-state index contributed by atoms with van der Waals surface area (Å²) in [5.74, 6) is 1.10. The summed E-state index contributed by atoms with van der Waals surface area (Å²) in [5.41, 5.74) is 2.59. The largest absolute Gasteiger partial charge is 0.493 e. The molecule has 184 valence electrons. The maximum atomic E-state index is 12.3. The van der Waals surface area contributed by atoms with Gasteiger partial charge in [0.1, 0.15) is 0 Å². The molecule has 1 unspecified atom stereocenters. The van der Waals surface area contributed by atoms with E-state index in [-0.39, 0.29) is 24.3 Å². The molecule has 1 aromatic carbocycles. The van der Waals surface area contributed by atoms with Gasteiger partial charge in [-0.05, 0) is 66.7 Å². The molecular weight excluding hydrogens is 422 g/mol. The van der Waals surface area contributed by atoms with Crippen LogP contribution in [0.5, 0.6) is 11.5 Å². The Morgan fingerprint density at radius 2 is 1.82 bits per heavy atom. The van der Waals surface area contributed by atoms with E-state index in [2.05, 4.69) is 30.9 Å². The van der Waals surface area contributed by atoms with Gasteiger partial charge in [0.15, 0.2) is 11.5 Å². The van der Waals surface area contributed by atoms with Gasteiger partial charge in [0.25, 0.3) is 0 Å². The Morgan fingerprint density at radius 1 is 1.12 bits per heavy atom. The van der Waals surface area contributed by atoms with Crippen LogP contribution in [0.15, 0.2) is 12.1 Å². The van der Waals surface area contributed by atoms with Crippen molar-refractivity contribution in [3.05, 3.63) is 23.3 Å². The average molecular weight is 462 g/mol. The summed E-state index contributed by atoms with van der Waals surface area (Å²) in [6.45, 7) is 8.50. The fourth-order valence-electron chi connectivity index (χ4n) is 5.31. The Hall–Kier alpha value is -2.28.